The Morgan fingerprint density at radius 2 is 1.77 bits per heavy atom. The molecule has 0 saturated heterocycles. The molecule has 1 aliphatic rings. The van der Waals surface area contributed by atoms with Gasteiger partial charge in [0.15, 0.2) is 5.60 Å². The molecule has 2 N–H and O–H groups in total. The Morgan fingerprint density at radius 3 is 2.45 bits per heavy atom. The van der Waals surface area contributed by atoms with Crippen LogP contribution in [0.3, 0.4) is 0 Å². The number of para-hydroxylation sites is 1. The number of nitro groups is 1. The van der Waals surface area contributed by atoms with Crippen LogP contribution in [0.4, 0.5) is 17.1 Å². The molecule has 3 aromatic carbocycles. The Labute approximate surface area is 231 Å². The van der Waals surface area contributed by atoms with E-state index in [4.69, 9.17) is 0 Å². The van der Waals surface area contributed by atoms with E-state index in [0.29, 0.717) is 30.0 Å². The number of non-ortho nitro benzene ring substituents is 1. The number of hydrogen-bond donors (Lipinski definition) is 2. The molecule has 1 unspecified atom stereocenters. The summed E-state index contributed by atoms with van der Waals surface area (Å²) in [6.07, 6.45) is 5.93. The number of aromatic nitrogens is 3. The molecular formula is C30H29N5O5. The van der Waals surface area contributed by atoms with Crippen molar-refractivity contribution in [2.24, 2.45) is 5.92 Å². The van der Waals surface area contributed by atoms with E-state index in [1.165, 1.54) is 23.1 Å². The molecule has 1 aliphatic heterocycles. The molecule has 5 rings (SSSR count). The fourth-order valence-corrected chi connectivity index (χ4v) is 5.09. The SMILES string of the molecule is C[C@@H](/C=C/CCn1cc(C(CO)c2ccccc2)nn1)[C@]1(O)C(=O)N(c2ccccc2)c2ccc([N+](=O)[O-])cc21. The summed E-state index contributed by atoms with van der Waals surface area (Å²) >= 11 is 0. The minimum absolute atomic E-state index is 0.0909. The molecule has 0 fully saturated rings. The van der Waals surface area contributed by atoms with Gasteiger partial charge in [-0.1, -0.05) is 72.8 Å². The maximum atomic E-state index is 13.7. The molecule has 0 bridgehead atoms. The summed E-state index contributed by atoms with van der Waals surface area (Å²) in [5.74, 6) is -1.52. The van der Waals surface area contributed by atoms with Crippen molar-refractivity contribution in [3.8, 4) is 0 Å². The topological polar surface area (TPSA) is 135 Å². The average molecular weight is 540 g/mol. The van der Waals surface area contributed by atoms with Crippen LogP contribution >= 0.6 is 0 Å². The molecule has 40 heavy (non-hydrogen) atoms. The van der Waals surface area contributed by atoms with Gasteiger partial charge in [0.25, 0.3) is 11.6 Å². The van der Waals surface area contributed by atoms with E-state index in [2.05, 4.69) is 10.3 Å². The van der Waals surface area contributed by atoms with Gasteiger partial charge in [0, 0.05) is 42.0 Å². The number of allylic oxidation sites excluding steroid dienone is 1. The molecule has 10 nitrogen and oxygen atoms in total. The summed E-state index contributed by atoms with van der Waals surface area (Å²) < 4.78 is 1.68. The highest BCUT2D eigenvalue weighted by Gasteiger charge is 2.53. The van der Waals surface area contributed by atoms with Crippen molar-refractivity contribution in [1.82, 2.24) is 15.0 Å². The first-order valence-electron chi connectivity index (χ1n) is 13.0. The Hall–Kier alpha value is -4.67. The number of hydrogen-bond acceptors (Lipinski definition) is 7. The van der Waals surface area contributed by atoms with E-state index in [0.717, 1.165) is 5.56 Å². The summed E-state index contributed by atoms with van der Waals surface area (Å²) in [4.78, 5) is 26.1. The lowest BCUT2D eigenvalue weighted by Crippen LogP contribution is -2.42. The number of amides is 1. The third kappa shape index (κ3) is 4.90. The summed E-state index contributed by atoms with van der Waals surface area (Å²) in [5.41, 5.74) is 0.601. The van der Waals surface area contributed by atoms with E-state index >= 15 is 0 Å². The monoisotopic (exact) mass is 539 g/mol. The summed E-state index contributed by atoms with van der Waals surface area (Å²) in [6.45, 7) is 2.12. The van der Waals surface area contributed by atoms with E-state index in [-0.39, 0.29) is 23.8 Å². The zero-order valence-corrected chi connectivity index (χ0v) is 21.9. The zero-order chi connectivity index (χ0) is 28.3. The van der Waals surface area contributed by atoms with Gasteiger partial charge in [0.05, 0.1) is 28.8 Å². The van der Waals surface area contributed by atoms with Crippen LogP contribution in [0.15, 0.2) is 97.2 Å². The number of aliphatic hydroxyl groups excluding tert-OH is 1. The maximum absolute atomic E-state index is 13.7. The van der Waals surface area contributed by atoms with Gasteiger partial charge < -0.3 is 10.2 Å². The second-order valence-corrected chi connectivity index (χ2v) is 9.76. The number of anilines is 2. The van der Waals surface area contributed by atoms with Crippen LogP contribution in [0.25, 0.3) is 0 Å². The quantitative estimate of drug-likeness (QED) is 0.173. The molecule has 0 spiro atoms. The van der Waals surface area contributed by atoms with Crippen molar-refractivity contribution in [3.05, 3.63) is 124 Å². The number of carbonyl (C=O) groups is 1. The van der Waals surface area contributed by atoms with Crippen molar-refractivity contribution >= 4 is 23.0 Å². The van der Waals surface area contributed by atoms with Crippen LogP contribution in [0.1, 0.15) is 36.1 Å². The van der Waals surface area contributed by atoms with Gasteiger partial charge in [-0.2, -0.15) is 0 Å². The molecule has 204 valence electrons. The first-order valence-corrected chi connectivity index (χ1v) is 13.0. The number of aryl methyl sites for hydroxylation is 1. The van der Waals surface area contributed by atoms with Crippen LogP contribution < -0.4 is 4.90 Å². The number of nitrogens with zero attached hydrogens (tertiary/aromatic N) is 5. The second-order valence-electron chi connectivity index (χ2n) is 9.76. The normalized spacial score (nSPS) is 18.2. The average Bonchev–Trinajstić information content (AvgIpc) is 3.53. The van der Waals surface area contributed by atoms with Crippen LogP contribution in [-0.2, 0) is 16.9 Å². The van der Waals surface area contributed by atoms with Crippen LogP contribution in [0.5, 0.6) is 0 Å². The number of aliphatic hydroxyl groups is 2. The van der Waals surface area contributed by atoms with E-state index in [1.54, 1.807) is 48.1 Å². The van der Waals surface area contributed by atoms with Gasteiger partial charge in [-0.05, 0) is 30.2 Å². The van der Waals surface area contributed by atoms with Crippen molar-refractivity contribution in [1.29, 1.82) is 0 Å². The number of benzene rings is 3. The lowest BCUT2D eigenvalue weighted by atomic mass is 9.82. The molecule has 10 heteroatoms. The van der Waals surface area contributed by atoms with Gasteiger partial charge >= 0.3 is 0 Å². The number of rotatable bonds is 10. The van der Waals surface area contributed by atoms with Gasteiger partial charge in [-0.3, -0.25) is 24.5 Å². The van der Waals surface area contributed by atoms with E-state index in [9.17, 15) is 25.1 Å². The Kier molecular flexibility index (Phi) is 7.54. The largest absolute Gasteiger partial charge is 0.395 e. The number of fused-ring (bicyclic) bond motifs is 1. The van der Waals surface area contributed by atoms with Gasteiger partial charge in [0.1, 0.15) is 0 Å². The van der Waals surface area contributed by atoms with Crippen molar-refractivity contribution in [2.45, 2.75) is 31.4 Å². The summed E-state index contributed by atoms with van der Waals surface area (Å²) in [7, 11) is 0. The third-order valence-corrected chi connectivity index (χ3v) is 7.29. The van der Waals surface area contributed by atoms with Crippen LogP contribution in [0.2, 0.25) is 0 Å². The smallest absolute Gasteiger partial charge is 0.269 e. The first-order chi connectivity index (χ1) is 19.3. The lowest BCUT2D eigenvalue weighted by molar-refractivity contribution is -0.385. The predicted molar refractivity (Wildman–Crippen MR) is 149 cm³/mol. The molecule has 2 heterocycles. The Balaban J connectivity index is 1.34. The standard InChI is InChI=1S/C30H29N5O5/c1-21(10-8-9-17-33-19-27(31-32-33)25(20-36)22-11-4-2-5-12-22)30(38)26-18-24(35(39)40)15-16-28(26)34(29(30)37)23-13-6-3-7-14-23/h2-8,10-16,18-19,21,25,36,38H,9,17,20H2,1H3/b10-8+/t21-,25?,30+/m0/s1. The van der Waals surface area contributed by atoms with Gasteiger partial charge in [-0.25, -0.2) is 0 Å². The number of nitro benzene ring substituents is 1. The fraction of sp³-hybridized carbons (Fsp3) is 0.233. The summed E-state index contributed by atoms with van der Waals surface area (Å²) in [6, 6.07) is 22.6. The molecule has 0 saturated carbocycles. The predicted octanol–water partition coefficient (Wildman–Crippen LogP) is 4.46. The van der Waals surface area contributed by atoms with Crippen molar-refractivity contribution in [2.75, 3.05) is 11.5 Å². The molecule has 1 aromatic heterocycles. The molecular weight excluding hydrogens is 510 g/mol. The highest BCUT2D eigenvalue weighted by Crippen LogP contribution is 2.49. The molecule has 3 atom stereocenters. The molecule has 0 aliphatic carbocycles. The van der Waals surface area contributed by atoms with Crippen LogP contribution in [0, 0.1) is 16.0 Å². The third-order valence-electron chi connectivity index (χ3n) is 7.29. The molecule has 4 aromatic rings. The maximum Gasteiger partial charge on any atom is 0.269 e. The highest BCUT2D eigenvalue weighted by molar-refractivity contribution is 6.12. The lowest BCUT2D eigenvalue weighted by Gasteiger charge is -2.27. The second kappa shape index (κ2) is 11.2. The van der Waals surface area contributed by atoms with E-state index < -0.39 is 22.3 Å². The number of carbonyl (C=O) groups excluding carboxylic acids is 1. The van der Waals surface area contributed by atoms with E-state index in [1.807, 2.05) is 42.5 Å². The zero-order valence-electron chi connectivity index (χ0n) is 21.9. The van der Waals surface area contributed by atoms with Crippen molar-refractivity contribution < 1.29 is 19.9 Å². The van der Waals surface area contributed by atoms with Crippen LogP contribution in [-0.4, -0.2) is 42.6 Å². The summed E-state index contributed by atoms with van der Waals surface area (Å²) in [5, 5.41) is 41.6. The molecule has 1 amide bonds. The van der Waals surface area contributed by atoms with Gasteiger partial charge in [-0.15, -0.1) is 5.10 Å². The minimum Gasteiger partial charge on any atom is -0.395 e. The minimum atomic E-state index is -1.99. The Bertz CT molecular complexity index is 1540. The van der Waals surface area contributed by atoms with Gasteiger partial charge in [0.2, 0.25) is 0 Å². The Morgan fingerprint density at radius 1 is 1.07 bits per heavy atom. The highest BCUT2D eigenvalue weighted by atomic mass is 16.6. The molecule has 0 radical (unpaired) electrons. The van der Waals surface area contributed by atoms with Crippen molar-refractivity contribution in [3.63, 3.8) is 0 Å². The first kappa shape index (κ1) is 26.9. The fourth-order valence-electron chi connectivity index (χ4n) is 5.09.